The van der Waals surface area contributed by atoms with Gasteiger partial charge in [-0.1, -0.05) is 12.8 Å². The smallest absolute Gasteiger partial charge is 0.237 e. The van der Waals surface area contributed by atoms with Gasteiger partial charge in [0.1, 0.15) is 0 Å². The topological polar surface area (TPSA) is 45.2 Å². The van der Waals surface area contributed by atoms with Gasteiger partial charge in [0, 0.05) is 18.9 Å². The van der Waals surface area contributed by atoms with Crippen LogP contribution in [0, 0.1) is 0 Å². The van der Waals surface area contributed by atoms with E-state index in [2.05, 4.69) is 15.2 Å². The molecule has 0 aliphatic carbocycles. The van der Waals surface area contributed by atoms with Crippen LogP contribution in [0.3, 0.4) is 0 Å². The Kier molecular flexibility index (Phi) is 6.67. The van der Waals surface area contributed by atoms with Crippen LogP contribution in [0.5, 0.6) is 0 Å². The molecule has 1 fully saturated rings. The van der Waals surface area contributed by atoms with Gasteiger partial charge < -0.3 is 5.32 Å². The van der Waals surface area contributed by atoms with E-state index < -0.39 is 0 Å². The Hall–Kier alpha value is -1.42. The number of nitrogens with one attached hydrogen (secondary N) is 1. The summed E-state index contributed by atoms with van der Waals surface area (Å²) in [5, 5.41) is 3.07. The van der Waals surface area contributed by atoms with E-state index in [0.29, 0.717) is 0 Å². The maximum atomic E-state index is 12.2. The molecule has 1 amide bonds. The van der Waals surface area contributed by atoms with Crippen LogP contribution >= 0.6 is 0 Å². The molecule has 0 radical (unpaired) electrons. The van der Waals surface area contributed by atoms with Crippen LogP contribution < -0.4 is 5.32 Å². The molecule has 4 heteroatoms. The number of carbonyl (C=O) groups is 1. The first-order valence-electron chi connectivity index (χ1n) is 8.18. The molecule has 1 aromatic rings. The number of carbonyl (C=O) groups excluding carboxylic acids is 1. The van der Waals surface area contributed by atoms with Gasteiger partial charge >= 0.3 is 0 Å². The van der Waals surface area contributed by atoms with Crippen LogP contribution in [0.4, 0.5) is 0 Å². The molecule has 1 aliphatic rings. The normalized spacial score (nSPS) is 18.0. The second kappa shape index (κ2) is 8.78. The zero-order valence-electron chi connectivity index (χ0n) is 13.1. The zero-order chi connectivity index (χ0) is 14.9. The Bertz CT molecular complexity index is 413. The Labute approximate surface area is 127 Å². The van der Waals surface area contributed by atoms with E-state index in [4.69, 9.17) is 0 Å². The third-order valence-corrected chi connectivity index (χ3v) is 4.26. The summed E-state index contributed by atoms with van der Waals surface area (Å²) in [6.07, 6.45) is 10.6. The molecule has 0 spiro atoms. The van der Waals surface area contributed by atoms with E-state index in [-0.39, 0.29) is 11.9 Å². The Balaban J connectivity index is 1.66. The molecule has 0 unspecified atom stereocenters. The Morgan fingerprint density at radius 1 is 1.24 bits per heavy atom. The van der Waals surface area contributed by atoms with Gasteiger partial charge in [-0.25, -0.2) is 0 Å². The molecule has 116 valence electrons. The molecule has 1 saturated heterocycles. The predicted octanol–water partition coefficient (Wildman–Crippen LogP) is 2.39. The number of rotatable bonds is 6. The summed E-state index contributed by atoms with van der Waals surface area (Å²) in [7, 11) is 0. The lowest BCUT2D eigenvalue weighted by molar-refractivity contribution is -0.125. The summed E-state index contributed by atoms with van der Waals surface area (Å²) in [4.78, 5) is 18.5. The molecule has 2 heterocycles. The maximum Gasteiger partial charge on any atom is 0.237 e. The highest BCUT2D eigenvalue weighted by molar-refractivity contribution is 5.81. The van der Waals surface area contributed by atoms with Crippen LogP contribution in [0.25, 0.3) is 0 Å². The molecular weight excluding hydrogens is 262 g/mol. The quantitative estimate of drug-likeness (QED) is 0.818. The minimum atomic E-state index is 0.00373. The van der Waals surface area contributed by atoms with Crippen molar-refractivity contribution in [3.63, 3.8) is 0 Å². The number of pyridine rings is 1. The van der Waals surface area contributed by atoms with Crippen LogP contribution in [0.15, 0.2) is 24.5 Å². The van der Waals surface area contributed by atoms with E-state index in [9.17, 15) is 4.79 Å². The molecule has 1 atom stereocenters. The fourth-order valence-corrected chi connectivity index (χ4v) is 2.85. The number of amides is 1. The van der Waals surface area contributed by atoms with Gasteiger partial charge in [-0.3, -0.25) is 14.7 Å². The first kappa shape index (κ1) is 16.0. The number of hydrogen-bond donors (Lipinski definition) is 1. The molecule has 21 heavy (non-hydrogen) atoms. The summed E-state index contributed by atoms with van der Waals surface area (Å²) < 4.78 is 0. The Morgan fingerprint density at radius 2 is 1.90 bits per heavy atom. The van der Waals surface area contributed by atoms with E-state index in [0.717, 1.165) is 32.5 Å². The summed E-state index contributed by atoms with van der Waals surface area (Å²) in [6.45, 7) is 4.90. The summed E-state index contributed by atoms with van der Waals surface area (Å²) >= 11 is 0. The predicted molar refractivity (Wildman–Crippen MR) is 85.1 cm³/mol. The zero-order valence-corrected chi connectivity index (χ0v) is 13.1. The van der Waals surface area contributed by atoms with Gasteiger partial charge in [-0.15, -0.1) is 0 Å². The van der Waals surface area contributed by atoms with Crippen molar-refractivity contribution < 1.29 is 4.79 Å². The first-order chi connectivity index (χ1) is 10.3. The van der Waals surface area contributed by atoms with Crippen molar-refractivity contribution in [2.24, 2.45) is 0 Å². The molecular formula is C17H27N3O. The van der Waals surface area contributed by atoms with Crippen molar-refractivity contribution in [1.29, 1.82) is 0 Å². The van der Waals surface area contributed by atoms with Crippen LogP contribution in [-0.2, 0) is 11.2 Å². The summed E-state index contributed by atoms with van der Waals surface area (Å²) in [5.74, 6) is 0.173. The van der Waals surface area contributed by atoms with Gasteiger partial charge in [0.05, 0.1) is 6.04 Å². The third kappa shape index (κ3) is 5.46. The second-order valence-electron chi connectivity index (χ2n) is 5.88. The van der Waals surface area contributed by atoms with E-state index in [1.807, 2.05) is 31.5 Å². The van der Waals surface area contributed by atoms with E-state index >= 15 is 0 Å². The number of aromatic nitrogens is 1. The lowest BCUT2D eigenvalue weighted by atomic mass is 10.1. The fourth-order valence-electron chi connectivity index (χ4n) is 2.85. The lowest BCUT2D eigenvalue weighted by Gasteiger charge is -2.26. The minimum absolute atomic E-state index is 0.00373. The molecule has 1 aromatic heterocycles. The lowest BCUT2D eigenvalue weighted by Crippen LogP contribution is -2.45. The van der Waals surface area contributed by atoms with Crippen molar-refractivity contribution in [1.82, 2.24) is 15.2 Å². The Morgan fingerprint density at radius 3 is 2.57 bits per heavy atom. The maximum absolute atomic E-state index is 12.2. The molecule has 0 aromatic carbocycles. The minimum Gasteiger partial charge on any atom is -0.355 e. The molecule has 0 bridgehead atoms. The van der Waals surface area contributed by atoms with Crippen molar-refractivity contribution in [3.05, 3.63) is 30.1 Å². The number of likely N-dealkylation sites (tertiary alicyclic amines) is 1. The molecule has 1 aliphatic heterocycles. The standard InChI is InChI=1S/C17H27N3O/c1-15(20-13-4-2-3-5-14-20)17(21)19-10-6-7-16-8-11-18-12-9-16/h8-9,11-12,15H,2-7,10,13-14H2,1H3,(H,19,21)/t15-/m1/s1. The molecule has 2 rings (SSSR count). The highest BCUT2D eigenvalue weighted by Crippen LogP contribution is 2.12. The average molecular weight is 289 g/mol. The van der Waals surface area contributed by atoms with Crippen molar-refractivity contribution in [2.75, 3.05) is 19.6 Å². The van der Waals surface area contributed by atoms with Gasteiger partial charge in [-0.2, -0.15) is 0 Å². The molecule has 0 saturated carbocycles. The second-order valence-corrected chi connectivity index (χ2v) is 5.88. The summed E-state index contributed by atoms with van der Waals surface area (Å²) in [6, 6.07) is 4.06. The number of nitrogens with zero attached hydrogens (tertiary/aromatic N) is 2. The third-order valence-electron chi connectivity index (χ3n) is 4.26. The average Bonchev–Trinajstić information content (AvgIpc) is 2.81. The number of hydrogen-bond acceptors (Lipinski definition) is 3. The monoisotopic (exact) mass is 289 g/mol. The van der Waals surface area contributed by atoms with Crippen LogP contribution in [0.2, 0.25) is 0 Å². The number of aryl methyl sites for hydroxylation is 1. The van der Waals surface area contributed by atoms with Gasteiger partial charge in [0.25, 0.3) is 0 Å². The highest BCUT2D eigenvalue weighted by atomic mass is 16.2. The van der Waals surface area contributed by atoms with Gasteiger partial charge in [-0.05, 0) is 63.4 Å². The van der Waals surface area contributed by atoms with Gasteiger partial charge in [0.2, 0.25) is 5.91 Å². The summed E-state index contributed by atoms with van der Waals surface area (Å²) in [5.41, 5.74) is 1.28. The molecule has 1 N–H and O–H groups in total. The van der Waals surface area contributed by atoms with Crippen molar-refractivity contribution in [2.45, 2.75) is 51.5 Å². The molecule has 4 nitrogen and oxygen atoms in total. The SMILES string of the molecule is C[C@H](C(=O)NCCCc1ccncc1)N1CCCCCC1. The first-order valence-corrected chi connectivity index (χ1v) is 8.18. The van der Waals surface area contributed by atoms with E-state index in [1.165, 1.54) is 31.2 Å². The highest BCUT2D eigenvalue weighted by Gasteiger charge is 2.21. The van der Waals surface area contributed by atoms with E-state index in [1.54, 1.807) is 0 Å². The van der Waals surface area contributed by atoms with Gasteiger partial charge in [0.15, 0.2) is 0 Å². The van der Waals surface area contributed by atoms with Crippen molar-refractivity contribution >= 4 is 5.91 Å². The largest absolute Gasteiger partial charge is 0.355 e. The van der Waals surface area contributed by atoms with Crippen LogP contribution in [0.1, 0.15) is 44.6 Å². The van der Waals surface area contributed by atoms with Crippen molar-refractivity contribution in [3.8, 4) is 0 Å². The van der Waals surface area contributed by atoms with Crippen LogP contribution in [-0.4, -0.2) is 41.5 Å². The fraction of sp³-hybridized carbons (Fsp3) is 0.647.